The quantitative estimate of drug-likeness (QED) is 0.724. The molecule has 0 saturated heterocycles. The van der Waals surface area contributed by atoms with Crippen LogP contribution < -0.4 is 5.32 Å². The Kier molecular flexibility index (Phi) is 3.25. The maximum absolute atomic E-state index is 4.13. The molecule has 0 amide bonds. The minimum Gasteiger partial charge on any atom is -0.373 e. The topological polar surface area (TPSA) is 42.2 Å². The summed E-state index contributed by atoms with van der Waals surface area (Å²) in [5, 5.41) is 3.02. The lowest BCUT2D eigenvalue weighted by atomic mass is 10.6. The summed E-state index contributed by atoms with van der Waals surface area (Å²) in [4.78, 5) is 8.08. The maximum atomic E-state index is 4.13. The molecule has 0 radical (unpaired) electrons. The van der Waals surface area contributed by atoms with Crippen molar-refractivity contribution in [3.63, 3.8) is 0 Å². The number of aromatic nitrogens is 3. The molecule has 0 aromatic carbocycles. The third-order valence-corrected chi connectivity index (χ3v) is 1.57. The van der Waals surface area contributed by atoms with E-state index in [0.29, 0.717) is 0 Å². The monoisotopic (exact) mass is 178 g/mol. The fraction of sp³-hybridized carbons (Fsp3) is 0.333. The molecular weight excluding hydrogens is 164 g/mol. The van der Waals surface area contributed by atoms with Gasteiger partial charge in [0.25, 0.3) is 0 Å². The van der Waals surface area contributed by atoms with Crippen LogP contribution in [-0.2, 0) is 0 Å². The summed E-state index contributed by atoms with van der Waals surface area (Å²) in [6.07, 6.45) is 7.10. The molecule has 0 unspecified atom stereocenters. The molecule has 4 nitrogen and oxygen atoms in total. The van der Waals surface area contributed by atoms with Crippen molar-refractivity contribution < 1.29 is 0 Å². The van der Waals surface area contributed by atoms with Crippen molar-refractivity contribution in [2.24, 2.45) is 0 Å². The Balaban J connectivity index is 0.000000396. The Labute approximate surface area is 77.6 Å². The molecule has 2 aromatic rings. The molecule has 0 fully saturated rings. The van der Waals surface area contributed by atoms with E-state index in [0.717, 1.165) is 11.5 Å². The second kappa shape index (κ2) is 4.45. The molecule has 13 heavy (non-hydrogen) atoms. The van der Waals surface area contributed by atoms with E-state index >= 15 is 0 Å². The van der Waals surface area contributed by atoms with E-state index in [1.54, 1.807) is 18.6 Å². The minimum absolute atomic E-state index is 0.858. The van der Waals surface area contributed by atoms with Crippen LogP contribution in [0.4, 0.5) is 5.82 Å². The zero-order valence-corrected chi connectivity index (χ0v) is 8.15. The van der Waals surface area contributed by atoms with Gasteiger partial charge in [-0.25, -0.2) is 4.98 Å². The first-order valence-corrected chi connectivity index (χ1v) is 4.36. The van der Waals surface area contributed by atoms with Crippen LogP contribution in [0.5, 0.6) is 0 Å². The number of anilines is 1. The zero-order chi connectivity index (χ0) is 9.68. The van der Waals surface area contributed by atoms with Crippen molar-refractivity contribution in [1.29, 1.82) is 0 Å². The number of imidazole rings is 1. The normalized spacial score (nSPS) is 9.15. The summed E-state index contributed by atoms with van der Waals surface area (Å²) in [5.74, 6) is 0.974. The molecule has 0 spiro atoms. The molecule has 2 heterocycles. The van der Waals surface area contributed by atoms with Crippen LogP contribution in [-0.4, -0.2) is 21.4 Å². The van der Waals surface area contributed by atoms with Crippen molar-refractivity contribution in [1.82, 2.24) is 14.4 Å². The summed E-state index contributed by atoms with van der Waals surface area (Å²) in [7, 11) is 1.86. The fourth-order valence-corrected chi connectivity index (χ4v) is 1.03. The van der Waals surface area contributed by atoms with Gasteiger partial charge in [-0.15, -0.1) is 0 Å². The van der Waals surface area contributed by atoms with Gasteiger partial charge >= 0.3 is 0 Å². The second-order valence-corrected chi connectivity index (χ2v) is 2.20. The molecule has 0 saturated carbocycles. The van der Waals surface area contributed by atoms with Gasteiger partial charge in [0.15, 0.2) is 5.65 Å². The van der Waals surface area contributed by atoms with Crippen LogP contribution >= 0.6 is 0 Å². The Hall–Kier alpha value is -1.58. The van der Waals surface area contributed by atoms with Gasteiger partial charge in [-0.3, -0.25) is 9.38 Å². The highest BCUT2D eigenvalue weighted by atomic mass is 15.1. The standard InChI is InChI=1S/C7H8N4.C2H6/c1-8-6-5-10-7-4-9-2-3-11(6)7;1-2/h2-5,8H,1H3;1-2H3. The lowest BCUT2D eigenvalue weighted by molar-refractivity contribution is 1.12. The van der Waals surface area contributed by atoms with Crippen molar-refractivity contribution in [3.8, 4) is 0 Å². The summed E-state index contributed by atoms with van der Waals surface area (Å²) in [5.41, 5.74) is 0.858. The lowest BCUT2D eigenvalue weighted by Crippen LogP contribution is -1.93. The highest BCUT2D eigenvalue weighted by molar-refractivity contribution is 5.47. The van der Waals surface area contributed by atoms with Crippen molar-refractivity contribution >= 4 is 11.5 Å². The molecule has 2 aromatic heterocycles. The van der Waals surface area contributed by atoms with Crippen LogP contribution in [0.3, 0.4) is 0 Å². The highest BCUT2D eigenvalue weighted by Crippen LogP contribution is 2.07. The van der Waals surface area contributed by atoms with Gasteiger partial charge in [-0.2, -0.15) is 0 Å². The third kappa shape index (κ3) is 1.77. The van der Waals surface area contributed by atoms with Gasteiger partial charge in [-0.05, 0) is 0 Å². The Morgan fingerprint density at radius 3 is 2.77 bits per heavy atom. The number of hydrogen-bond donors (Lipinski definition) is 1. The van der Waals surface area contributed by atoms with Gasteiger partial charge in [-0.1, -0.05) is 13.8 Å². The van der Waals surface area contributed by atoms with Gasteiger partial charge in [0.2, 0.25) is 0 Å². The Morgan fingerprint density at radius 2 is 2.08 bits per heavy atom. The van der Waals surface area contributed by atoms with Gasteiger partial charge in [0.05, 0.1) is 12.4 Å². The van der Waals surface area contributed by atoms with Gasteiger partial charge in [0, 0.05) is 19.4 Å². The molecule has 0 aliphatic carbocycles. The molecule has 4 heteroatoms. The molecule has 0 bridgehead atoms. The fourth-order valence-electron chi connectivity index (χ4n) is 1.03. The summed E-state index contributed by atoms with van der Waals surface area (Å²) >= 11 is 0. The number of fused-ring (bicyclic) bond motifs is 1. The van der Waals surface area contributed by atoms with Crippen LogP contribution in [0.15, 0.2) is 24.8 Å². The van der Waals surface area contributed by atoms with Crippen molar-refractivity contribution in [2.45, 2.75) is 13.8 Å². The number of hydrogen-bond acceptors (Lipinski definition) is 3. The van der Waals surface area contributed by atoms with Crippen LogP contribution in [0.2, 0.25) is 0 Å². The molecule has 0 aliphatic heterocycles. The SMILES string of the molecule is CC.CNc1cnc2cnccn12. The van der Waals surface area contributed by atoms with Crippen molar-refractivity contribution in [3.05, 3.63) is 24.8 Å². The average Bonchev–Trinajstić information content (AvgIpc) is 2.64. The second-order valence-electron chi connectivity index (χ2n) is 2.20. The number of nitrogens with zero attached hydrogens (tertiary/aromatic N) is 3. The summed E-state index contributed by atoms with van der Waals surface area (Å²) in [6.45, 7) is 4.00. The zero-order valence-electron chi connectivity index (χ0n) is 8.15. The van der Waals surface area contributed by atoms with E-state index in [4.69, 9.17) is 0 Å². The summed E-state index contributed by atoms with van der Waals surface area (Å²) in [6, 6.07) is 0. The van der Waals surface area contributed by atoms with Crippen LogP contribution in [0.25, 0.3) is 5.65 Å². The predicted octanol–water partition coefficient (Wildman–Crippen LogP) is 1.80. The van der Waals surface area contributed by atoms with Crippen molar-refractivity contribution in [2.75, 3.05) is 12.4 Å². The smallest absolute Gasteiger partial charge is 0.156 e. The Morgan fingerprint density at radius 1 is 1.31 bits per heavy atom. The lowest BCUT2D eigenvalue weighted by Gasteiger charge is -1.96. The summed E-state index contributed by atoms with van der Waals surface area (Å²) < 4.78 is 1.94. The first kappa shape index (κ1) is 9.51. The third-order valence-electron chi connectivity index (χ3n) is 1.57. The number of nitrogens with one attached hydrogen (secondary N) is 1. The van der Waals surface area contributed by atoms with Crippen LogP contribution in [0.1, 0.15) is 13.8 Å². The molecule has 0 atom stereocenters. The minimum atomic E-state index is 0.858. The molecule has 2 rings (SSSR count). The average molecular weight is 178 g/mol. The van der Waals surface area contributed by atoms with Crippen LogP contribution in [0, 0.1) is 0 Å². The largest absolute Gasteiger partial charge is 0.373 e. The Bertz CT molecular complexity index is 366. The first-order valence-electron chi connectivity index (χ1n) is 4.36. The molecule has 0 aliphatic rings. The predicted molar refractivity (Wildman–Crippen MR) is 53.9 cm³/mol. The van der Waals surface area contributed by atoms with Gasteiger partial charge < -0.3 is 5.32 Å². The number of rotatable bonds is 1. The molecule has 70 valence electrons. The van der Waals surface area contributed by atoms with E-state index in [1.807, 2.05) is 31.5 Å². The maximum Gasteiger partial charge on any atom is 0.156 e. The van der Waals surface area contributed by atoms with E-state index < -0.39 is 0 Å². The van der Waals surface area contributed by atoms with E-state index in [-0.39, 0.29) is 0 Å². The highest BCUT2D eigenvalue weighted by Gasteiger charge is 1.97. The van der Waals surface area contributed by atoms with E-state index in [2.05, 4.69) is 15.3 Å². The van der Waals surface area contributed by atoms with Gasteiger partial charge in [0.1, 0.15) is 5.82 Å². The molecular formula is C9H14N4. The molecule has 1 N–H and O–H groups in total. The first-order chi connectivity index (χ1) is 6.42. The van der Waals surface area contributed by atoms with E-state index in [1.165, 1.54) is 0 Å². The van der Waals surface area contributed by atoms with E-state index in [9.17, 15) is 0 Å².